The van der Waals surface area contributed by atoms with Gasteiger partial charge < -0.3 is 6.15 Å². The lowest BCUT2D eigenvalue weighted by atomic mass is 10.8. The molecule has 0 rings (SSSR count). The van der Waals surface area contributed by atoms with Gasteiger partial charge in [-0.3, -0.25) is 0 Å². The third-order valence-corrected chi connectivity index (χ3v) is 0.0913. The van der Waals surface area contributed by atoms with Gasteiger partial charge in [-0.05, 0) is 0 Å². The fourth-order valence-electron chi connectivity index (χ4n) is 0. The van der Waals surface area contributed by atoms with E-state index in [9.17, 15) is 0 Å². The molecule has 0 fully saturated rings. The van der Waals surface area contributed by atoms with Crippen LogP contribution in [0.15, 0.2) is 12.7 Å². The Morgan fingerprint density at radius 2 is 1.83 bits per heavy atom. The molecule has 0 bridgehead atoms. The number of nitriles is 1. The Bertz CT molecular complexity index is 54.3. The summed E-state index contributed by atoms with van der Waals surface area (Å²) in [5.41, 5.74) is 0. The second-order valence-electron chi connectivity index (χ2n) is 0.333. The van der Waals surface area contributed by atoms with Crippen molar-refractivity contribution in [1.82, 2.24) is 6.15 Å². The highest BCUT2D eigenvalue weighted by Crippen LogP contribution is 1.41. The highest BCUT2D eigenvalue weighted by molar-refractivity contribution is 7.59. The predicted octanol–water partition coefficient (Wildman–Crippen LogP) is 0.971. The zero-order chi connectivity index (χ0) is 3.41. The van der Waals surface area contributed by atoms with Crippen LogP contribution in [0.25, 0.3) is 0 Å². The van der Waals surface area contributed by atoms with Gasteiger partial charge in [0.15, 0.2) is 0 Å². The molecule has 0 aromatic carbocycles. The summed E-state index contributed by atoms with van der Waals surface area (Å²) in [6.45, 7) is 3.12. The molecule has 0 atom stereocenters. The van der Waals surface area contributed by atoms with Crippen LogP contribution in [0.2, 0.25) is 0 Å². The fourth-order valence-corrected chi connectivity index (χ4v) is 0. The summed E-state index contributed by atoms with van der Waals surface area (Å²) in [4.78, 5) is 0. The van der Waals surface area contributed by atoms with Crippen LogP contribution >= 0.6 is 13.5 Å². The largest absolute Gasteiger partial charge is 0.344 e. The average Bonchev–Trinajstić information content (AvgIpc) is 1.37. The molecule has 0 radical (unpaired) electrons. The minimum atomic E-state index is 0. The van der Waals surface area contributed by atoms with Gasteiger partial charge in [-0.1, -0.05) is 6.58 Å². The molecule has 0 amide bonds. The quantitative estimate of drug-likeness (QED) is 0.465. The first-order valence-electron chi connectivity index (χ1n) is 0.921. The van der Waals surface area contributed by atoms with Crippen LogP contribution in [0.4, 0.5) is 0 Å². The average molecular weight is 104 g/mol. The highest BCUT2D eigenvalue weighted by Gasteiger charge is 1.34. The molecule has 0 unspecified atom stereocenters. The number of rotatable bonds is 0. The monoisotopic (exact) mass is 104 g/mol. The number of nitrogens with zero attached hydrogens (tertiary/aromatic N) is 1. The van der Waals surface area contributed by atoms with Crippen molar-refractivity contribution in [2.24, 2.45) is 0 Å². The van der Waals surface area contributed by atoms with Gasteiger partial charge in [0.2, 0.25) is 0 Å². The van der Waals surface area contributed by atoms with E-state index in [1.54, 1.807) is 6.07 Å². The van der Waals surface area contributed by atoms with Crippen molar-refractivity contribution in [3.63, 3.8) is 0 Å². The molecule has 0 aliphatic rings. The standard InChI is InChI=1S/C3H3N.H3N.H2S/c1-2-3-4;;/h2H,1H2;1H3;1H2. The van der Waals surface area contributed by atoms with Gasteiger partial charge in [-0.2, -0.15) is 18.8 Å². The van der Waals surface area contributed by atoms with Crippen molar-refractivity contribution in [3.05, 3.63) is 12.7 Å². The molecule has 0 heterocycles. The number of hydrogen-bond acceptors (Lipinski definition) is 2. The molecule has 3 N–H and O–H groups in total. The maximum atomic E-state index is 7.51. The lowest BCUT2D eigenvalue weighted by Crippen LogP contribution is -1.23. The zero-order valence-electron chi connectivity index (χ0n) is 3.44. The molecule has 0 saturated carbocycles. The Morgan fingerprint density at radius 3 is 1.83 bits per heavy atom. The first-order valence-corrected chi connectivity index (χ1v) is 0.921. The van der Waals surface area contributed by atoms with Gasteiger partial charge in [0, 0.05) is 6.08 Å². The van der Waals surface area contributed by atoms with Crippen LogP contribution in [-0.4, -0.2) is 0 Å². The number of allylic oxidation sites excluding steroid dienone is 1. The van der Waals surface area contributed by atoms with Gasteiger partial charge in [0.1, 0.15) is 0 Å². The smallest absolute Gasteiger partial charge is 0.0905 e. The summed E-state index contributed by atoms with van der Waals surface area (Å²) in [6.07, 6.45) is 1.18. The summed E-state index contributed by atoms with van der Waals surface area (Å²) >= 11 is 0. The van der Waals surface area contributed by atoms with E-state index >= 15 is 0 Å². The molecule has 6 heavy (non-hydrogen) atoms. The summed E-state index contributed by atoms with van der Waals surface area (Å²) in [5.74, 6) is 0. The highest BCUT2D eigenvalue weighted by atomic mass is 32.1. The predicted molar refractivity (Wildman–Crippen MR) is 31.2 cm³/mol. The second-order valence-corrected chi connectivity index (χ2v) is 0.333. The second kappa shape index (κ2) is 24.0. The molecule has 36 valence electrons. The van der Waals surface area contributed by atoms with E-state index in [4.69, 9.17) is 5.26 Å². The van der Waals surface area contributed by atoms with E-state index in [2.05, 4.69) is 6.58 Å². The summed E-state index contributed by atoms with van der Waals surface area (Å²) < 4.78 is 0. The zero-order valence-corrected chi connectivity index (χ0v) is 4.44. The van der Waals surface area contributed by atoms with E-state index in [-0.39, 0.29) is 19.6 Å². The van der Waals surface area contributed by atoms with Crippen molar-refractivity contribution in [3.8, 4) is 6.07 Å². The van der Waals surface area contributed by atoms with E-state index in [0.717, 1.165) is 0 Å². The Labute approximate surface area is 44.5 Å². The first kappa shape index (κ1) is 17.7. The molecule has 2 nitrogen and oxygen atoms in total. The lowest BCUT2D eigenvalue weighted by Gasteiger charge is -1.31. The van der Waals surface area contributed by atoms with Crippen molar-refractivity contribution >= 4 is 13.5 Å². The van der Waals surface area contributed by atoms with Gasteiger partial charge in [-0.15, -0.1) is 0 Å². The minimum absolute atomic E-state index is 0. The van der Waals surface area contributed by atoms with Crippen LogP contribution in [0.1, 0.15) is 0 Å². The fraction of sp³-hybridized carbons (Fsp3) is 0. The summed E-state index contributed by atoms with van der Waals surface area (Å²) in [6, 6.07) is 1.69. The molecular formula is C3H8N2S. The van der Waals surface area contributed by atoms with Crippen molar-refractivity contribution in [2.45, 2.75) is 0 Å². The Kier molecular flexibility index (Phi) is 70.8. The normalized spacial score (nSPS) is 2.50. The molecule has 0 aromatic rings. The van der Waals surface area contributed by atoms with Crippen molar-refractivity contribution in [2.75, 3.05) is 0 Å². The number of hydrogen-bond donors (Lipinski definition) is 1. The van der Waals surface area contributed by atoms with Gasteiger partial charge in [-0.25, -0.2) is 0 Å². The van der Waals surface area contributed by atoms with Gasteiger partial charge >= 0.3 is 0 Å². The van der Waals surface area contributed by atoms with Crippen LogP contribution in [0, 0.1) is 11.3 Å². The minimum Gasteiger partial charge on any atom is -0.344 e. The lowest BCUT2D eigenvalue weighted by molar-refractivity contribution is 1.54. The third-order valence-electron chi connectivity index (χ3n) is 0.0913. The summed E-state index contributed by atoms with van der Waals surface area (Å²) in [5, 5.41) is 7.51. The Morgan fingerprint density at radius 1 is 1.67 bits per heavy atom. The van der Waals surface area contributed by atoms with E-state index in [0.29, 0.717) is 0 Å². The Hall–Kier alpha value is -0.460. The van der Waals surface area contributed by atoms with E-state index < -0.39 is 0 Å². The van der Waals surface area contributed by atoms with Crippen LogP contribution in [0.3, 0.4) is 0 Å². The van der Waals surface area contributed by atoms with E-state index in [1.807, 2.05) is 0 Å². The maximum absolute atomic E-state index is 7.51. The SMILES string of the molecule is C=CC#N.N.S. The van der Waals surface area contributed by atoms with Crippen molar-refractivity contribution in [1.29, 1.82) is 5.26 Å². The van der Waals surface area contributed by atoms with Crippen LogP contribution in [-0.2, 0) is 0 Å². The van der Waals surface area contributed by atoms with Gasteiger partial charge in [0.05, 0.1) is 6.07 Å². The molecule has 0 saturated heterocycles. The molecule has 0 aliphatic carbocycles. The summed E-state index contributed by atoms with van der Waals surface area (Å²) in [7, 11) is 0. The first-order chi connectivity index (χ1) is 1.91. The molecule has 0 spiro atoms. The van der Waals surface area contributed by atoms with E-state index in [1.165, 1.54) is 6.08 Å². The Balaban J connectivity index is -0.0000000450. The maximum Gasteiger partial charge on any atom is 0.0905 e. The molecular weight excluding hydrogens is 96.1 g/mol. The van der Waals surface area contributed by atoms with Crippen LogP contribution in [0.5, 0.6) is 0 Å². The molecule has 0 aromatic heterocycles. The van der Waals surface area contributed by atoms with Gasteiger partial charge in [0.25, 0.3) is 0 Å². The molecule has 3 heteroatoms. The van der Waals surface area contributed by atoms with Crippen LogP contribution < -0.4 is 6.15 Å². The molecule has 0 aliphatic heterocycles. The third kappa shape index (κ3) is 78.3. The van der Waals surface area contributed by atoms with Crippen molar-refractivity contribution < 1.29 is 0 Å². The topological polar surface area (TPSA) is 58.8 Å².